The molecule has 26 heavy (non-hydrogen) atoms. The minimum atomic E-state index is -0.505. The zero-order valence-electron chi connectivity index (χ0n) is 14.0. The quantitative estimate of drug-likeness (QED) is 0.634. The summed E-state index contributed by atoms with van der Waals surface area (Å²) in [6.07, 6.45) is 5.25. The zero-order valence-corrected chi connectivity index (χ0v) is 15.5. The number of aromatic nitrogens is 4. The molecule has 0 saturated carbocycles. The molecule has 7 nitrogen and oxygen atoms in total. The number of imidazole rings is 1. The normalized spacial score (nSPS) is 10.9. The van der Waals surface area contributed by atoms with Crippen molar-refractivity contribution in [2.24, 2.45) is 14.1 Å². The van der Waals surface area contributed by atoms with Gasteiger partial charge in [0.25, 0.3) is 11.6 Å². The minimum Gasteiger partial charge on any atom is -0.451 e. The van der Waals surface area contributed by atoms with E-state index in [0.717, 1.165) is 4.57 Å². The summed E-state index contributed by atoms with van der Waals surface area (Å²) >= 11 is 12.5. The summed E-state index contributed by atoms with van der Waals surface area (Å²) < 4.78 is 9.26. The van der Waals surface area contributed by atoms with Crippen molar-refractivity contribution >= 4 is 34.4 Å². The molecule has 0 atom stereocenters. The Balaban J connectivity index is 2.33. The molecule has 0 spiro atoms. The maximum absolute atomic E-state index is 12.7. The van der Waals surface area contributed by atoms with Crippen LogP contribution in [0.15, 0.2) is 27.8 Å². The van der Waals surface area contributed by atoms with Crippen molar-refractivity contribution in [2.45, 2.75) is 6.54 Å². The summed E-state index contributed by atoms with van der Waals surface area (Å²) in [5, 5.41) is 0.868. The van der Waals surface area contributed by atoms with Gasteiger partial charge in [-0.2, -0.15) is 4.98 Å². The molecule has 3 rings (SSSR count). The van der Waals surface area contributed by atoms with Gasteiger partial charge in [-0.15, -0.1) is 6.42 Å². The summed E-state index contributed by atoms with van der Waals surface area (Å²) in [5.41, 5.74) is -0.0248. The van der Waals surface area contributed by atoms with Gasteiger partial charge in [0.1, 0.15) is 0 Å². The molecule has 0 amide bonds. The Morgan fingerprint density at radius 2 is 1.85 bits per heavy atom. The van der Waals surface area contributed by atoms with Gasteiger partial charge in [0.15, 0.2) is 17.8 Å². The second-order valence-corrected chi connectivity index (χ2v) is 6.37. The molecule has 1 aromatic carbocycles. The Kier molecular flexibility index (Phi) is 4.81. The first-order valence-corrected chi connectivity index (χ1v) is 8.27. The number of halogens is 2. The van der Waals surface area contributed by atoms with Crippen molar-refractivity contribution in [1.82, 2.24) is 18.7 Å². The molecule has 0 aliphatic heterocycles. The highest BCUT2D eigenvalue weighted by Crippen LogP contribution is 2.28. The standard InChI is InChI=1S/C17H14Cl2N4O3/c1-4-8-26-16-20-14-13(15(24)22(3)17(25)21(14)2)23(16)9-10-11(18)6-5-7-12(10)19/h1,5-7H,8-9H2,2-3H3. The first kappa shape index (κ1) is 18.1. The van der Waals surface area contributed by atoms with Gasteiger partial charge in [-0.05, 0) is 12.1 Å². The minimum absolute atomic E-state index is 0.0478. The Hall–Kier alpha value is -2.69. The lowest BCUT2D eigenvalue weighted by atomic mass is 10.2. The Bertz CT molecular complexity index is 1150. The third-order valence-electron chi connectivity index (χ3n) is 3.98. The van der Waals surface area contributed by atoms with Crippen LogP contribution in [0.2, 0.25) is 10.0 Å². The van der Waals surface area contributed by atoms with Gasteiger partial charge < -0.3 is 4.74 Å². The van der Waals surface area contributed by atoms with Crippen molar-refractivity contribution in [1.29, 1.82) is 0 Å². The van der Waals surface area contributed by atoms with Gasteiger partial charge >= 0.3 is 5.69 Å². The van der Waals surface area contributed by atoms with Crippen molar-refractivity contribution in [3.05, 3.63) is 54.6 Å². The van der Waals surface area contributed by atoms with E-state index < -0.39 is 11.2 Å². The highest BCUT2D eigenvalue weighted by atomic mass is 35.5. The van der Waals surface area contributed by atoms with Crippen molar-refractivity contribution in [3.8, 4) is 18.4 Å². The number of nitrogens with zero attached hydrogens (tertiary/aromatic N) is 4. The summed E-state index contributed by atoms with van der Waals surface area (Å²) in [6, 6.07) is 5.21. The third kappa shape index (κ3) is 2.87. The first-order valence-electron chi connectivity index (χ1n) is 7.52. The van der Waals surface area contributed by atoms with Crippen LogP contribution in [-0.4, -0.2) is 25.3 Å². The highest BCUT2D eigenvalue weighted by molar-refractivity contribution is 6.36. The van der Waals surface area contributed by atoms with Crippen LogP contribution in [0, 0.1) is 12.3 Å². The SMILES string of the molecule is C#CCOc1nc2c(c(=O)n(C)c(=O)n2C)n1Cc1c(Cl)cccc1Cl. The number of hydrogen-bond acceptors (Lipinski definition) is 4. The maximum Gasteiger partial charge on any atom is 0.332 e. The molecule has 3 aromatic rings. The van der Waals surface area contributed by atoms with Crippen molar-refractivity contribution in [2.75, 3.05) is 6.61 Å². The molecule has 134 valence electrons. The molecule has 0 saturated heterocycles. The number of terminal acetylenes is 1. The van der Waals surface area contributed by atoms with E-state index in [1.807, 2.05) is 0 Å². The van der Waals surface area contributed by atoms with E-state index in [-0.39, 0.29) is 30.3 Å². The molecular weight excluding hydrogens is 379 g/mol. The molecular formula is C17H14Cl2N4O3. The Morgan fingerprint density at radius 1 is 1.19 bits per heavy atom. The van der Waals surface area contributed by atoms with Crippen LogP contribution in [0.1, 0.15) is 5.56 Å². The second kappa shape index (κ2) is 6.90. The lowest BCUT2D eigenvalue weighted by Gasteiger charge is -2.11. The summed E-state index contributed by atoms with van der Waals surface area (Å²) in [4.78, 5) is 29.1. The highest BCUT2D eigenvalue weighted by Gasteiger charge is 2.21. The number of fused-ring (bicyclic) bond motifs is 1. The second-order valence-electron chi connectivity index (χ2n) is 5.55. The van der Waals surface area contributed by atoms with Crippen LogP contribution in [0.25, 0.3) is 11.2 Å². The van der Waals surface area contributed by atoms with E-state index in [1.54, 1.807) is 18.2 Å². The van der Waals surface area contributed by atoms with Crippen LogP contribution in [0.5, 0.6) is 6.01 Å². The smallest absolute Gasteiger partial charge is 0.332 e. The zero-order chi connectivity index (χ0) is 19.0. The number of benzene rings is 1. The van der Waals surface area contributed by atoms with E-state index >= 15 is 0 Å². The lowest BCUT2D eigenvalue weighted by molar-refractivity contribution is 0.326. The van der Waals surface area contributed by atoms with Crippen molar-refractivity contribution < 1.29 is 4.74 Å². The molecule has 0 aliphatic rings. The average molecular weight is 393 g/mol. The van der Waals surface area contributed by atoms with Crippen LogP contribution in [0.4, 0.5) is 0 Å². The van der Waals surface area contributed by atoms with Gasteiger partial charge in [0.05, 0.1) is 6.54 Å². The Labute approximate surface area is 158 Å². The Morgan fingerprint density at radius 3 is 2.46 bits per heavy atom. The van der Waals surface area contributed by atoms with E-state index in [4.69, 9.17) is 34.4 Å². The fourth-order valence-corrected chi connectivity index (χ4v) is 3.15. The topological polar surface area (TPSA) is 71.1 Å². The number of rotatable bonds is 4. The molecule has 0 N–H and O–H groups in total. The van der Waals surface area contributed by atoms with E-state index in [9.17, 15) is 9.59 Å². The average Bonchev–Trinajstić information content (AvgIpc) is 2.98. The fraction of sp³-hybridized carbons (Fsp3) is 0.235. The largest absolute Gasteiger partial charge is 0.451 e. The molecule has 2 heterocycles. The van der Waals surface area contributed by atoms with Crippen LogP contribution < -0.4 is 16.0 Å². The van der Waals surface area contributed by atoms with E-state index in [2.05, 4.69) is 10.9 Å². The third-order valence-corrected chi connectivity index (χ3v) is 4.68. The van der Waals surface area contributed by atoms with Gasteiger partial charge in [0.2, 0.25) is 0 Å². The monoisotopic (exact) mass is 392 g/mol. The van der Waals surface area contributed by atoms with Gasteiger partial charge in [-0.3, -0.25) is 18.5 Å². The van der Waals surface area contributed by atoms with E-state index in [0.29, 0.717) is 15.6 Å². The van der Waals surface area contributed by atoms with Gasteiger partial charge in [0, 0.05) is 29.7 Å². The molecule has 0 aliphatic carbocycles. The molecule has 0 fully saturated rings. The first-order chi connectivity index (χ1) is 12.4. The summed E-state index contributed by atoms with van der Waals surface area (Å²) in [5.74, 6) is 2.35. The van der Waals surface area contributed by atoms with Crippen LogP contribution in [0.3, 0.4) is 0 Å². The van der Waals surface area contributed by atoms with Gasteiger partial charge in [-0.1, -0.05) is 35.2 Å². The molecule has 0 unspecified atom stereocenters. The number of ether oxygens (including phenoxy) is 1. The lowest BCUT2D eigenvalue weighted by Crippen LogP contribution is -2.37. The molecule has 9 heteroatoms. The van der Waals surface area contributed by atoms with Crippen LogP contribution >= 0.6 is 23.2 Å². The molecule has 0 bridgehead atoms. The van der Waals surface area contributed by atoms with Crippen molar-refractivity contribution in [3.63, 3.8) is 0 Å². The molecule has 2 aromatic heterocycles. The fourth-order valence-electron chi connectivity index (χ4n) is 2.63. The summed E-state index contributed by atoms with van der Waals surface area (Å²) in [6.45, 7) is 0.0796. The van der Waals surface area contributed by atoms with Crippen LogP contribution in [-0.2, 0) is 20.6 Å². The predicted octanol–water partition coefficient (Wildman–Crippen LogP) is 1.80. The maximum atomic E-state index is 12.7. The molecule has 0 radical (unpaired) electrons. The predicted molar refractivity (Wildman–Crippen MR) is 100 cm³/mol. The van der Waals surface area contributed by atoms with Gasteiger partial charge in [-0.25, -0.2) is 4.79 Å². The summed E-state index contributed by atoms with van der Waals surface area (Å²) in [7, 11) is 2.92. The van der Waals surface area contributed by atoms with E-state index in [1.165, 1.54) is 23.2 Å². The number of hydrogen-bond donors (Lipinski definition) is 0. The number of aryl methyl sites for hydroxylation is 1.